The summed E-state index contributed by atoms with van der Waals surface area (Å²) in [6.07, 6.45) is 1.18. The van der Waals surface area contributed by atoms with E-state index in [9.17, 15) is 0 Å². The molecule has 98 valence electrons. The predicted molar refractivity (Wildman–Crippen MR) is 77.6 cm³/mol. The highest BCUT2D eigenvalue weighted by Crippen LogP contribution is 2.18. The molecule has 0 fully saturated rings. The van der Waals surface area contributed by atoms with Crippen molar-refractivity contribution < 1.29 is 0 Å². The summed E-state index contributed by atoms with van der Waals surface area (Å²) in [6, 6.07) is 4.85. The van der Waals surface area contributed by atoms with Gasteiger partial charge in [-0.1, -0.05) is 13.0 Å². The van der Waals surface area contributed by atoms with Gasteiger partial charge >= 0.3 is 0 Å². The molecule has 0 aliphatic rings. The van der Waals surface area contributed by atoms with Crippen molar-refractivity contribution >= 4 is 11.3 Å². The molecule has 0 amide bonds. The van der Waals surface area contributed by atoms with Gasteiger partial charge in [0, 0.05) is 29.5 Å². The quantitative estimate of drug-likeness (QED) is 0.803. The summed E-state index contributed by atoms with van der Waals surface area (Å²) in [7, 11) is 2.22. The van der Waals surface area contributed by atoms with E-state index < -0.39 is 0 Å². The minimum Gasteiger partial charge on any atom is -0.310 e. The maximum absolute atomic E-state index is 3.53. The Morgan fingerprint density at radius 3 is 2.71 bits per heavy atom. The van der Waals surface area contributed by atoms with Crippen LogP contribution in [0.15, 0.2) is 17.5 Å². The third-order valence-corrected chi connectivity index (χ3v) is 4.68. The van der Waals surface area contributed by atoms with Crippen LogP contribution in [0.4, 0.5) is 0 Å². The van der Waals surface area contributed by atoms with Gasteiger partial charge in [0.1, 0.15) is 0 Å². The zero-order valence-corrected chi connectivity index (χ0v) is 12.6. The van der Waals surface area contributed by atoms with Gasteiger partial charge in [0.15, 0.2) is 0 Å². The lowest BCUT2D eigenvalue weighted by Gasteiger charge is -2.39. The van der Waals surface area contributed by atoms with Crippen molar-refractivity contribution in [3.05, 3.63) is 22.4 Å². The normalized spacial score (nSPS) is 14.2. The van der Waals surface area contributed by atoms with Gasteiger partial charge in [-0.3, -0.25) is 4.90 Å². The largest absolute Gasteiger partial charge is 0.310 e. The van der Waals surface area contributed by atoms with Crippen molar-refractivity contribution in [2.24, 2.45) is 0 Å². The molecule has 1 aromatic rings. The lowest BCUT2D eigenvalue weighted by Crippen LogP contribution is -2.49. The van der Waals surface area contributed by atoms with E-state index in [1.807, 2.05) is 11.3 Å². The first-order chi connectivity index (χ1) is 7.97. The second kappa shape index (κ2) is 6.53. The maximum Gasteiger partial charge on any atom is 0.0300 e. The molecule has 1 atom stereocenters. The number of nitrogens with one attached hydrogen (secondary N) is 1. The van der Waals surface area contributed by atoms with Crippen LogP contribution in [0.25, 0.3) is 0 Å². The van der Waals surface area contributed by atoms with Crippen LogP contribution in [-0.4, -0.2) is 30.1 Å². The summed E-state index contributed by atoms with van der Waals surface area (Å²) in [6.45, 7) is 11.2. The fraction of sp³-hybridized carbons (Fsp3) is 0.714. The molecule has 0 spiro atoms. The van der Waals surface area contributed by atoms with Crippen molar-refractivity contribution in [3.8, 4) is 0 Å². The molecular formula is C14H26N2S. The molecule has 0 saturated carbocycles. The lowest BCUT2D eigenvalue weighted by molar-refractivity contribution is 0.105. The fourth-order valence-corrected chi connectivity index (χ4v) is 2.47. The summed E-state index contributed by atoms with van der Waals surface area (Å²) >= 11 is 1.82. The van der Waals surface area contributed by atoms with Gasteiger partial charge in [0.05, 0.1) is 0 Å². The van der Waals surface area contributed by atoms with Crippen LogP contribution in [0.2, 0.25) is 0 Å². The van der Waals surface area contributed by atoms with Crippen molar-refractivity contribution in [2.45, 2.75) is 52.2 Å². The molecule has 17 heavy (non-hydrogen) atoms. The summed E-state index contributed by atoms with van der Waals surface area (Å²) < 4.78 is 0. The Balaban J connectivity index is 2.31. The molecule has 2 nitrogen and oxygen atoms in total. The smallest absolute Gasteiger partial charge is 0.0300 e. The van der Waals surface area contributed by atoms with E-state index in [4.69, 9.17) is 0 Å². The summed E-state index contributed by atoms with van der Waals surface area (Å²) in [5.74, 6) is 0. The van der Waals surface area contributed by atoms with Crippen molar-refractivity contribution in [1.82, 2.24) is 10.2 Å². The Bertz CT molecular complexity index is 306. The Morgan fingerprint density at radius 1 is 1.47 bits per heavy atom. The minimum atomic E-state index is 0.282. The molecule has 1 aromatic heterocycles. The molecule has 0 aliphatic heterocycles. The van der Waals surface area contributed by atoms with E-state index in [0.717, 1.165) is 13.1 Å². The van der Waals surface area contributed by atoms with Gasteiger partial charge in [0.25, 0.3) is 0 Å². The molecule has 0 radical (unpaired) electrons. The number of hydrogen-bond donors (Lipinski definition) is 1. The standard InChI is InChI=1S/C14H26N2S/c1-6-14(3,4)16(5)12(2)10-15-11-13-8-7-9-17-13/h7-9,12,15H,6,10-11H2,1-5H3. The average molecular weight is 254 g/mol. The number of thiophene rings is 1. The van der Waals surface area contributed by atoms with Gasteiger partial charge in [-0.15, -0.1) is 11.3 Å². The summed E-state index contributed by atoms with van der Waals surface area (Å²) in [5, 5.41) is 5.67. The first kappa shape index (κ1) is 14.7. The molecule has 0 aliphatic carbocycles. The highest BCUT2D eigenvalue weighted by atomic mass is 32.1. The van der Waals surface area contributed by atoms with Crippen molar-refractivity contribution in [1.29, 1.82) is 0 Å². The molecule has 0 saturated heterocycles. The predicted octanol–water partition coefficient (Wildman–Crippen LogP) is 3.35. The summed E-state index contributed by atoms with van der Waals surface area (Å²) in [4.78, 5) is 3.88. The molecule has 1 N–H and O–H groups in total. The summed E-state index contributed by atoms with van der Waals surface area (Å²) in [5.41, 5.74) is 0.282. The van der Waals surface area contributed by atoms with Crippen LogP contribution in [0.3, 0.4) is 0 Å². The topological polar surface area (TPSA) is 15.3 Å². The molecule has 1 unspecified atom stereocenters. The Kier molecular flexibility index (Phi) is 5.63. The van der Waals surface area contributed by atoms with Crippen LogP contribution in [0.5, 0.6) is 0 Å². The highest BCUT2D eigenvalue weighted by Gasteiger charge is 2.24. The van der Waals surface area contributed by atoms with Crippen LogP contribution in [0.1, 0.15) is 39.0 Å². The van der Waals surface area contributed by atoms with Gasteiger partial charge in [-0.05, 0) is 45.7 Å². The zero-order chi connectivity index (χ0) is 12.9. The van der Waals surface area contributed by atoms with Crippen molar-refractivity contribution in [3.63, 3.8) is 0 Å². The van der Waals surface area contributed by atoms with Gasteiger partial charge < -0.3 is 5.32 Å². The van der Waals surface area contributed by atoms with E-state index >= 15 is 0 Å². The second-order valence-corrected chi connectivity index (χ2v) is 6.37. The van der Waals surface area contributed by atoms with Crippen molar-refractivity contribution in [2.75, 3.05) is 13.6 Å². The van der Waals surface area contributed by atoms with E-state index in [0.29, 0.717) is 6.04 Å². The lowest BCUT2D eigenvalue weighted by atomic mass is 9.98. The molecule has 1 rings (SSSR count). The Hall–Kier alpha value is -0.380. The van der Waals surface area contributed by atoms with Gasteiger partial charge in [-0.2, -0.15) is 0 Å². The van der Waals surface area contributed by atoms with E-state index in [2.05, 4.69) is 62.5 Å². The van der Waals surface area contributed by atoms with Gasteiger partial charge in [-0.25, -0.2) is 0 Å². The number of hydrogen-bond acceptors (Lipinski definition) is 3. The number of rotatable bonds is 7. The van der Waals surface area contributed by atoms with Crippen LogP contribution < -0.4 is 5.32 Å². The van der Waals surface area contributed by atoms with E-state index in [1.54, 1.807) is 0 Å². The Labute approximate surface area is 110 Å². The molecule has 0 aromatic carbocycles. The second-order valence-electron chi connectivity index (χ2n) is 5.34. The minimum absolute atomic E-state index is 0.282. The maximum atomic E-state index is 3.53. The Morgan fingerprint density at radius 2 is 2.18 bits per heavy atom. The molecule has 3 heteroatoms. The third-order valence-electron chi connectivity index (χ3n) is 3.80. The first-order valence-corrected chi connectivity index (χ1v) is 7.31. The molecule has 0 bridgehead atoms. The molecule has 1 heterocycles. The van der Waals surface area contributed by atoms with Crippen LogP contribution >= 0.6 is 11.3 Å². The van der Waals surface area contributed by atoms with Crippen LogP contribution in [0, 0.1) is 0 Å². The number of likely N-dealkylation sites (N-methyl/N-ethyl adjacent to an activating group) is 1. The highest BCUT2D eigenvalue weighted by molar-refractivity contribution is 7.09. The average Bonchev–Trinajstić information content (AvgIpc) is 2.80. The number of nitrogens with zero attached hydrogens (tertiary/aromatic N) is 1. The third kappa shape index (κ3) is 4.41. The van der Waals surface area contributed by atoms with Crippen LogP contribution in [-0.2, 0) is 6.54 Å². The van der Waals surface area contributed by atoms with E-state index in [-0.39, 0.29) is 5.54 Å². The van der Waals surface area contributed by atoms with Gasteiger partial charge in [0.2, 0.25) is 0 Å². The zero-order valence-electron chi connectivity index (χ0n) is 11.8. The fourth-order valence-electron chi connectivity index (χ4n) is 1.80. The van der Waals surface area contributed by atoms with E-state index in [1.165, 1.54) is 11.3 Å². The monoisotopic (exact) mass is 254 g/mol. The SMILES string of the molecule is CCC(C)(C)N(C)C(C)CNCc1cccs1. The first-order valence-electron chi connectivity index (χ1n) is 6.43. The molecular weight excluding hydrogens is 228 g/mol.